The summed E-state index contributed by atoms with van der Waals surface area (Å²) < 4.78 is 0. The lowest BCUT2D eigenvalue weighted by atomic mass is 10.0. The van der Waals surface area contributed by atoms with Gasteiger partial charge in [-0.05, 0) is 34.7 Å². The normalized spacial score (nSPS) is 10.2. The van der Waals surface area contributed by atoms with Crippen LogP contribution in [0.4, 0.5) is 0 Å². The number of hydrogen-bond donors (Lipinski definition) is 0. The molecule has 0 unspecified atom stereocenters. The molecule has 0 N–H and O–H groups in total. The van der Waals surface area contributed by atoms with Gasteiger partial charge in [0.05, 0.1) is 0 Å². The molecule has 17 heavy (non-hydrogen) atoms. The molecule has 0 amide bonds. The molecule has 2 aromatic carbocycles. The maximum Gasteiger partial charge on any atom is 0.226 e. The summed E-state index contributed by atoms with van der Waals surface area (Å²) >= 11 is 5.34. The Balaban J connectivity index is 2.06. The van der Waals surface area contributed by atoms with Gasteiger partial charge in [-0.2, -0.15) is 0 Å². The van der Waals surface area contributed by atoms with E-state index in [1.807, 2.05) is 42.5 Å². The fourth-order valence-electron chi connectivity index (χ4n) is 1.77. The minimum Gasteiger partial charge on any atom is -0.281 e. The zero-order valence-electron chi connectivity index (χ0n) is 9.40. The van der Waals surface area contributed by atoms with Gasteiger partial charge in [0.15, 0.2) is 0 Å². The third kappa shape index (κ3) is 3.72. The lowest BCUT2D eigenvalue weighted by molar-refractivity contribution is -0.111. The number of halogens is 1. The Morgan fingerprint density at radius 2 is 1.35 bits per heavy atom. The first-order valence-electron chi connectivity index (χ1n) is 5.54. The van der Waals surface area contributed by atoms with Crippen LogP contribution in [0.25, 0.3) is 0 Å². The van der Waals surface area contributed by atoms with Crippen LogP contribution in [-0.2, 0) is 17.6 Å². The van der Waals surface area contributed by atoms with Crippen molar-refractivity contribution in [2.24, 2.45) is 0 Å². The predicted octanol–water partition coefficient (Wildman–Crippen LogP) is 3.59. The standard InChI is InChI=1S/C15H13ClO/c16-15(17)11-14-8-6-13(7-9-14)10-12-4-2-1-3-5-12/h1-9H,10-11H2. The van der Waals surface area contributed by atoms with Gasteiger partial charge in [-0.3, -0.25) is 4.79 Å². The molecule has 0 heterocycles. The van der Waals surface area contributed by atoms with E-state index < -0.39 is 0 Å². The van der Waals surface area contributed by atoms with E-state index in [0.717, 1.165) is 12.0 Å². The van der Waals surface area contributed by atoms with Crippen LogP contribution in [0.1, 0.15) is 16.7 Å². The zero-order chi connectivity index (χ0) is 12.1. The molecule has 1 nitrogen and oxygen atoms in total. The van der Waals surface area contributed by atoms with Crippen molar-refractivity contribution in [3.05, 3.63) is 71.3 Å². The topological polar surface area (TPSA) is 17.1 Å². The number of benzene rings is 2. The highest BCUT2D eigenvalue weighted by atomic mass is 35.5. The van der Waals surface area contributed by atoms with E-state index >= 15 is 0 Å². The van der Waals surface area contributed by atoms with Crippen molar-refractivity contribution >= 4 is 16.8 Å². The van der Waals surface area contributed by atoms with E-state index in [1.54, 1.807) is 0 Å². The molecule has 0 radical (unpaired) electrons. The van der Waals surface area contributed by atoms with Gasteiger partial charge in [0, 0.05) is 6.42 Å². The van der Waals surface area contributed by atoms with Crippen molar-refractivity contribution in [1.82, 2.24) is 0 Å². The van der Waals surface area contributed by atoms with E-state index in [2.05, 4.69) is 12.1 Å². The molecule has 2 heteroatoms. The van der Waals surface area contributed by atoms with Gasteiger partial charge in [0.25, 0.3) is 0 Å². The van der Waals surface area contributed by atoms with E-state index in [9.17, 15) is 4.79 Å². The van der Waals surface area contributed by atoms with Crippen LogP contribution in [0.5, 0.6) is 0 Å². The van der Waals surface area contributed by atoms with Gasteiger partial charge < -0.3 is 0 Å². The monoisotopic (exact) mass is 244 g/mol. The van der Waals surface area contributed by atoms with Gasteiger partial charge >= 0.3 is 0 Å². The Labute approximate surface area is 106 Å². The summed E-state index contributed by atoms with van der Waals surface area (Å²) in [7, 11) is 0. The third-order valence-electron chi connectivity index (χ3n) is 2.62. The van der Waals surface area contributed by atoms with Crippen LogP contribution in [-0.4, -0.2) is 5.24 Å². The van der Waals surface area contributed by atoms with Crippen LogP contribution < -0.4 is 0 Å². The second-order valence-electron chi connectivity index (χ2n) is 4.01. The molecular formula is C15H13ClO. The molecule has 2 rings (SSSR count). The first-order chi connectivity index (χ1) is 8.24. The minimum atomic E-state index is -0.319. The fourth-order valence-corrected chi connectivity index (χ4v) is 1.92. The van der Waals surface area contributed by atoms with Gasteiger partial charge in [-0.15, -0.1) is 0 Å². The summed E-state index contributed by atoms with van der Waals surface area (Å²) in [6.45, 7) is 0. The molecule has 0 aliphatic rings. The average Bonchev–Trinajstić information content (AvgIpc) is 2.32. The molecule has 0 aliphatic carbocycles. The van der Waals surface area contributed by atoms with Crippen LogP contribution in [0.3, 0.4) is 0 Å². The molecule has 0 saturated heterocycles. The second-order valence-corrected chi connectivity index (χ2v) is 4.43. The average molecular weight is 245 g/mol. The minimum absolute atomic E-state index is 0.299. The van der Waals surface area contributed by atoms with Crippen molar-refractivity contribution < 1.29 is 4.79 Å². The predicted molar refractivity (Wildman–Crippen MR) is 70.3 cm³/mol. The van der Waals surface area contributed by atoms with Crippen LogP contribution >= 0.6 is 11.6 Å². The molecule has 2 aromatic rings. The summed E-state index contributed by atoms with van der Waals surface area (Å²) in [6.07, 6.45) is 1.21. The lowest BCUT2D eigenvalue weighted by Crippen LogP contribution is -1.94. The van der Waals surface area contributed by atoms with Gasteiger partial charge in [-0.1, -0.05) is 54.6 Å². The van der Waals surface area contributed by atoms with E-state index in [0.29, 0.717) is 6.42 Å². The first kappa shape index (κ1) is 11.9. The van der Waals surface area contributed by atoms with Crippen molar-refractivity contribution in [3.63, 3.8) is 0 Å². The Kier molecular flexibility index (Phi) is 3.94. The largest absolute Gasteiger partial charge is 0.281 e. The smallest absolute Gasteiger partial charge is 0.226 e. The van der Waals surface area contributed by atoms with Crippen molar-refractivity contribution in [1.29, 1.82) is 0 Å². The Morgan fingerprint density at radius 3 is 1.94 bits per heavy atom. The summed E-state index contributed by atoms with van der Waals surface area (Å²) in [4.78, 5) is 10.8. The van der Waals surface area contributed by atoms with Gasteiger partial charge in [0.2, 0.25) is 5.24 Å². The second kappa shape index (κ2) is 5.65. The highest BCUT2D eigenvalue weighted by molar-refractivity contribution is 6.63. The molecular weight excluding hydrogens is 232 g/mol. The third-order valence-corrected chi connectivity index (χ3v) is 2.75. The fraction of sp³-hybridized carbons (Fsp3) is 0.133. The highest BCUT2D eigenvalue weighted by Gasteiger charge is 2.00. The van der Waals surface area contributed by atoms with Gasteiger partial charge in [0.1, 0.15) is 0 Å². The number of carbonyl (C=O) groups is 1. The number of hydrogen-bond acceptors (Lipinski definition) is 1. The number of rotatable bonds is 4. The van der Waals surface area contributed by atoms with Crippen molar-refractivity contribution in [2.45, 2.75) is 12.8 Å². The Hall–Kier alpha value is -1.60. The molecule has 86 valence electrons. The van der Waals surface area contributed by atoms with Crippen molar-refractivity contribution in [3.8, 4) is 0 Å². The Bertz CT molecular complexity index is 488. The molecule has 0 spiro atoms. The van der Waals surface area contributed by atoms with E-state index in [4.69, 9.17) is 11.6 Å². The number of carbonyl (C=O) groups excluding carboxylic acids is 1. The summed E-state index contributed by atoms with van der Waals surface area (Å²) in [5.74, 6) is 0. The summed E-state index contributed by atoms with van der Waals surface area (Å²) in [5, 5.41) is -0.319. The SMILES string of the molecule is O=C(Cl)Cc1ccc(Cc2ccccc2)cc1. The van der Waals surface area contributed by atoms with E-state index in [1.165, 1.54) is 11.1 Å². The Morgan fingerprint density at radius 1 is 0.824 bits per heavy atom. The lowest BCUT2D eigenvalue weighted by Gasteiger charge is -2.03. The van der Waals surface area contributed by atoms with Gasteiger partial charge in [-0.25, -0.2) is 0 Å². The van der Waals surface area contributed by atoms with Crippen LogP contribution in [0.15, 0.2) is 54.6 Å². The molecule has 0 bridgehead atoms. The van der Waals surface area contributed by atoms with Crippen LogP contribution in [0.2, 0.25) is 0 Å². The maximum atomic E-state index is 10.8. The molecule has 0 saturated carbocycles. The molecule has 0 aliphatic heterocycles. The summed E-state index contributed by atoms with van der Waals surface area (Å²) in [5.41, 5.74) is 3.48. The first-order valence-corrected chi connectivity index (χ1v) is 5.92. The zero-order valence-corrected chi connectivity index (χ0v) is 10.2. The van der Waals surface area contributed by atoms with Crippen LogP contribution in [0, 0.1) is 0 Å². The molecule has 0 aromatic heterocycles. The molecule has 0 fully saturated rings. The quantitative estimate of drug-likeness (QED) is 0.752. The summed E-state index contributed by atoms with van der Waals surface area (Å²) in [6, 6.07) is 18.3. The van der Waals surface area contributed by atoms with Crippen molar-refractivity contribution in [2.75, 3.05) is 0 Å². The molecule has 0 atom stereocenters. The highest BCUT2D eigenvalue weighted by Crippen LogP contribution is 2.11. The maximum absolute atomic E-state index is 10.8. The van der Waals surface area contributed by atoms with E-state index in [-0.39, 0.29) is 5.24 Å².